The van der Waals surface area contributed by atoms with Crippen LogP contribution in [0.25, 0.3) is 0 Å². The molecule has 4 N–H and O–H groups in total. The van der Waals surface area contributed by atoms with E-state index in [4.69, 9.17) is 10.2 Å². The number of hydrogen-bond donors (Lipinski definition) is 4. The molecular formula is C13H23N3O5. The lowest BCUT2D eigenvalue weighted by Crippen LogP contribution is -2.47. The first kappa shape index (κ1) is 17.2. The topological polar surface area (TPSA) is 119 Å². The van der Waals surface area contributed by atoms with Gasteiger partial charge in [0.05, 0.1) is 0 Å². The summed E-state index contributed by atoms with van der Waals surface area (Å²) >= 11 is 0. The summed E-state index contributed by atoms with van der Waals surface area (Å²) in [5.41, 5.74) is 0. The van der Waals surface area contributed by atoms with Crippen LogP contribution in [0.15, 0.2) is 0 Å². The van der Waals surface area contributed by atoms with Crippen molar-refractivity contribution in [1.82, 2.24) is 15.5 Å². The third-order valence-electron chi connectivity index (χ3n) is 3.40. The molecule has 0 aromatic carbocycles. The van der Waals surface area contributed by atoms with E-state index in [1.807, 2.05) is 0 Å². The van der Waals surface area contributed by atoms with Gasteiger partial charge in [0.2, 0.25) is 0 Å². The van der Waals surface area contributed by atoms with Gasteiger partial charge in [0.1, 0.15) is 6.04 Å². The zero-order valence-corrected chi connectivity index (χ0v) is 12.0. The van der Waals surface area contributed by atoms with E-state index in [9.17, 15) is 14.4 Å². The largest absolute Gasteiger partial charge is 0.481 e. The molecule has 1 rings (SSSR count). The number of nitrogens with one attached hydrogen (secondary N) is 2. The Hall–Kier alpha value is -1.83. The summed E-state index contributed by atoms with van der Waals surface area (Å²) in [4.78, 5) is 35.2. The quantitative estimate of drug-likeness (QED) is 0.479. The van der Waals surface area contributed by atoms with Crippen molar-refractivity contribution in [2.75, 3.05) is 26.2 Å². The Labute approximate surface area is 123 Å². The number of carbonyl (C=O) groups excluding carboxylic acids is 1. The molecule has 0 aromatic rings. The molecule has 1 heterocycles. The summed E-state index contributed by atoms with van der Waals surface area (Å²) in [7, 11) is 0. The molecule has 2 amide bonds. The van der Waals surface area contributed by atoms with E-state index in [0.717, 1.165) is 19.6 Å². The van der Waals surface area contributed by atoms with Gasteiger partial charge < -0.3 is 25.7 Å². The normalized spacial score (nSPS) is 16.4. The molecule has 0 saturated carbocycles. The molecule has 8 nitrogen and oxygen atoms in total. The number of likely N-dealkylation sites (tertiary alicyclic amines) is 1. The van der Waals surface area contributed by atoms with Crippen molar-refractivity contribution in [3.05, 3.63) is 0 Å². The van der Waals surface area contributed by atoms with E-state index in [1.54, 1.807) is 0 Å². The Morgan fingerprint density at radius 1 is 1.14 bits per heavy atom. The highest BCUT2D eigenvalue weighted by atomic mass is 16.4. The number of amides is 2. The lowest BCUT2D eigenvalue weighted by Gasteiger charge is -2.17. The van der Waals surface area contributed by atoms with Crippen LogP contribution in [0.1, 0.15) is 32.1 Å². The predicted molar refractivity (Wildman–Crippen MR) is 75.1 cm³/mol. The summed E-state index contributed by atoms with van der Waals surface area (Å²) in [5.74, 6) is -2.13. The van der Waals surface area contributed by atoms with Crippen molar-refractivity contribution in [3.8, 4) is 0 Å². The maximum absolute atomic E-state index is 11.6. The number of aliphatic carboxylic acids is 2. The van der Waals surface area contributed by atoms with Gasteiger partial charge in [-0.05, 0) is 38.8 Å². The van der Waals surface area contributed by atoms with Gasteiger partial charge in [-0.3, -0.25) is 4.79 Å². The van der Waals surface area contributed by atoms with Crippen LogP contribution in [0.2, 0.25) is 0 Å². The molecule has 0 bridgehead atoms. The molecule has 21 heavy (non-hydrogen) atoms. The highest BCUT2D eigenvalue weighted by molar-refractivity contribution is 5.82. The van der Waals surface area contributed by atoms with Gasteiger partial charge in [-0.2, -0.15) is 0 Å². The third-order valence-corrected chi connectivity index (χ3v) is 3.40. The number of hydrogen-bond acceptors (Lipinski definition) is 4. The van der Waals surface area contributed by atoms with E-state index >= 15 is 0 Å². The molecule has 1 fully saturated rings. The van der Waals surface area contributed by atoms with Crippen LogP contribution in [-0.4, -0.2) is 65.3 Å². The molecule has 0 spiro atoms. The molecule has 8 heteroatoms. The molecule has 0 radical (unpaired) electrons. The van der Waals surface area contributed by atoms with Gasteiger partial charge in [0, 0.05) is 19.5 Å². The molecule has 0 aromatic heterocycles. The van der Waals surface area contributed by atoms with Crippen molar-refractivity contribution in [2.24, 2.45) is 0 Å². The second-order valence-electron chi connectivity index (χ2n) is 5.13. The molecule has 1 aliphatic heterocycles. The van der Waals surface area contributed by atoms with Gasteiger partial charge in [-0.1, -0.05) is 0 Å². The van der Waals surface area contributed by atoms with Crippen molar-refractivity contribution < 1.29 is 24.6 Å². The Morgan fingerprint density at radius 2 is 1.81 bits per heavy atom. The first-order valence-electron chi connectivity index (χ1n) is 7.20. The first-order valence-corrected chi connectivity index (χ1v) is 7.20. The number of carboxylic acids is 2. The van der Waals surface area contributed by atoms with E-state index in [2.05, 4.69) is 15.5 Å². The van der Waals surface area contributed by atoms with Gasteiger partial charge in [-0.25, -0.2) is 9.59 Å². The van der Waals surface area contributed by atoms with Crippen LogP contribution in [-0.2, 0) is 9.59 Å². The van der Waals surface area contributed by atoms with E-state index in [-0.39, 0.29) is 19.3 Å². The standard InChI is InChI=1S/C13H23N3O5/c17-11(18)5-3-4-10(12(19)20)15-13(21)14-6-9-16-7-1-2-8-16/h10H,1-9H2,(H,17,18)(H,19,20)(H2,14,15,21)/t10-/m1/s1. The lowest BCUT2D eigenvalue weighted by atomic mass is 10.1. The van der Waals surface area contributed by atoms with Crippen molar-refractivity contribution in [3.63, 3.8) is 0 Å². The summed E-state index contributed by atoms with van der Waals surface area (Å²) in [6.07, 6.45) is 2.55. The molecule has 1 atom stereocenters. The molecular weight excluding hydrogens is 278 g/mol. The fourth-order valence-electron chi connectivity index (χ4n) is 2.26. The number of carboxylic acid groups (broad SMARTS) is 2. The lowest BCUT2D eigenvalue weighted by molar-refractivity contribution is -0.140. The second kappa shape index (κ2) is 9.17. The minimum atomic E-state index is -1.16. The van der Waals surface area contributed by atoms with Gasteiger partial charge in [-0.15, -0.1) is 0 Å². The smallest absolute Gasteiger partial charge is 0.326 e. The molecule has 0 aliphatic carbocycles. The third kappa shape index (κ3) is 7.50. The fraction of sp³-hybridized carbons (Fsp3) is 0.769. The summed E-state index contributed by atoms with van der Waals surface area (Å²) in [6, 6.07) is -1.59. The summed E-state index contributed by atoms with van der Waals surface area (Å²) < 4.78 is 0. The van der Waals surface area contributed by atoms with E-state index in [0.29, 0.717) is 6.54 Å². The summed E-state index contributed by atoms with van der Waals surface area (Å²) in [5, 5.41) is 22.5. The Bertz CT molecular complexity index is 369. The average Bonchev–Trinajstić information content (AvgIpc) is 2.90. The zero-order valence-electron chi connectivity index (χ0n) is 12.0. The van der Waals surface area contributed by atoms with Crippen molar-refractivity contribution in [2.45, 2.75) is 38.1 Å². The number of rotatable bonds is 9. The van der Waals surface area contributed by atoms with Crippen LogP contribution < -0.4 is 10.6 Å². The van der Waals surface area contributed by atoms with Crippen LogP contribution in [0.5, 0.6) is 0 Å². The van der Waals surface area contributed by atoms with Gasteiger partial charge in [0.25, 0.3) is 0 Å². The highest BCUT2D eigenvalue weighted by Crippen LogP contribution is 2.05. The zero-order chi connectivity index (χ0) is 15.7. The van der Waals surface area contributed by atoms with Crippen LogP contribution >= 0.6 is 0 Å². The molecule has 120 valence electrons. The average molecular weight is 301 g/mol. The first-order chi connectivity index (χ1) is 9.99. The number of carbonyl (C=O) groups is 3. The number of nitrogens with zero attached hydrogens (tertiary/aromatic N) is 1. The minimum absolute atomic E-state index is 0.0984. The van der Waals surface area contributed by atoms with Gasteiger partial charge in [0.15, 0.2) is 0 Å². The van der Waals surface area contributed by atoms with Crippen molar-refractivity contribution >= 4 is 18.0 Å². The number of urea groups is 1. The highest BCUT2D eigenvalue weighted by Gasteiger charge is 2.20. The molecule has 1 aliphatic rings. The Kier molecular flexibility index (Phi) is 7.52. The molecule has 1 saturated heterocycles. The van der Waals surface area contributed by atoms with E-state index < -0.39 is 24.0 Å². The van der Waals surface area contributed by atoms with Crippen LogP contribution in [0.4, 0.5) is 4.79 Å². The summed E-state index contributed by atoms with van der Waals surface area (Å²) in [6.45, 7) is 3.30. The Morgan fingerprint density at radius 3 is 2.38 bits per heavy atom. The van der Waals surface area contributed by atoms with E-state index in [1.165, 1.54) is 12.8 Å². The molecule has 0 unspecified atom stereocenters. The SMILES string of the molecule is O=C(O)CCC[C@@H](NC(=O)NCCN1CCCC1)C(=O)O. The maximum Gasteiger partial charge on any atom is 0.326 e. The Balaban J connectivity index is 2.21. The second-order valence-corrected chi connectivity index (χ2v) is 5.13. The minimum Gasteiger partial charge on any atom is -0.481 e. The van der Waals surface area contributed by atoms with Gasteiger partial charge >= 0.3 is 18.0 Å². The predicted octanol–water partition coefficient (Wildman–Crippen LogP) is 0.0895. The van der Waals surface area contributed by atoms with Crippen molar-refractivity contribution in [1.29, 1.82) is 0 Å². The van der Waals surface area contributed by atoms with Crippen LogP contribution in [0.3, 0.4) is 0 Å². The van der Waals surface area contributed by atoms with Crippen LogP contribution in [0, 0.1) is 0 Å². The fourth-order valence-corrected chi connectivity index (χ4v) is 2.26. The maximum atomic E-state index is 11.6. The monoisotopic (exact) mass is 301 g/mol.